The van der Waals surface area contributed by atoms with Crippen molar-refractivity contribution in [3.8, 4) is 0 Å². The van der Waals surface area contributed by atoms with Gasteiger partial charge in [0.25, 0.3) is 0 Å². The van der Waals surface area contributed by atoms with Gasteiger partial charge in [-0.25, -0.2) is 4.89 Å². The zero-order valence-electron chi connectivity index (χ0n) is 8.46. The van der Waals surface area contributed by atoms with Gasteiger partial charge in [0, 0.05) is 5.69 Å². The molecule has 78 valence electrons. The summed E-state index contributed by atoms with van der Waals surface area (Å²) >= 11 is 0. The summed E-state index contributed by atoms with van der Waals surface area (Å²) in [6.45, 7) is 3.95. The van der Waals surface area contributed by atoms with E-state index in [9.17, 15) is 4.57 Å². The van der Waals surface area contributed by atoms with Crippen molar-refractivity contribution in [3.05, 3.63) is 29.3 Å². The lowest BCUT2D eigenvalue weighted by atomic mass is 10.1. The maximum atomic E-state index is 11.2. The van der Waals surface area contributed by atoms with E-state index in [1.807, 2.05) is 32.0 Å². The van der Waals surface area contributed by atoms with Crippen LogP contribution in [-0.2, 0) is 14.1 Å². The Morgan fingerprint density at radius 3 is 2.64 bits per heavy atom. The quantitative estimate of drug-likeness (QED) is 0.476. The summed E-state index contributed by atoms with van der Waals surface area (Å²) in [4.78, 5) is 4.31. The van der Waals surface area contributed by atoms with E-state index >= 15 is 0 Å². The highest BCUT2D eigenvalue weighted by Crippen LogP contribution is 2.27. The van der Waals surface area contributed by atoms with E-state index in [0.717, 1.165) is 11.3 Å². The first kappa shape index (κ1) is 11.2. The lowest BCUT2D eigenvalue weighted by molar-refractivity contribution is -0.171. The monoisotopic (exact) mass is 215 g/mol. The molecule has 1 rings (SSSR count). The zero-order valence-corrected chi connectivity index (χ0v) is 9.46. The number of hydrogen-bond donors (Lipinski definition) is 1. The first-order valence-electron chi connectivity index (χ1n) is 4.22. The van der Waals surface area contributed by atoms with Gasteiger partial charge in [-0.15, -0.1) is 0 Å². The van der Waals surface area contributed by atoms with Crippen LogP contribution in [0, 0.1) is 13.8 Å². The Labute approximate surface area is 84.1 Å². The minimum absolute atomic E-state index is 0.802. The molecule has 0 fully saturated rings. The van der Waals surface area contributed by atoms with Crippen molar-refractivity contribution in [3.63, 3.8) is 0 Å². The lowest BCUT2D eigenvalue weighted by Crippen LogP contribution is -1.92. The molecule has 1 aromatic carbocycles. The molecule has 0 bridgehead atoms. The highest BCUT2D eigenvalue weighted by molar-refractivity contribution is 7.40. The molecule has 0 saturated heterocycles. The van der Waals surface area contributed by atoms with Gasteiger partial charge in [-0.2, -0.15) is 4.67 Å². The largest absolute Gasteiger partial charge is 0.316 e. The van der Waals surface area contributed by atoms with Crippen LogP contribution < -0.4 is 5.09 Å². The van der Waals surface area contributed by atoms with Gasteiger partial charge in [-0.05, 0) is 25.5 Å². The van der Waals surface area contributed by atoms with Gasteiger partial charge >= 0.3 is 8.18 Å². The maximum Gasteiger partial charge on any atom is 0.311 e. The van der Waals surface area contributed by atoms with Crippen molar-refractivity contribution in [2.24, 2.45) is 0 Å². The molecule has 1 N–H and O–H groups in total. The summed E-state index contributed by atoms with van der Waals surface area (Å²) in [5.41, 5.74) is 3.00. The van der Waals surface area contributed by atoms with Gasteiger partial charge in [0.1, 0.15) is 0 Å². The van der Waals surface area contributed by atoms with Crippen molar-refractivity contribution in [2.45, 2.75) is 13.8 Å². The second-order valence-electron chi connectivity index (χ2n) is 2.98. The molecule has 1 aromatic rings. The van der Waals surface area contributed by atoms with Crippen LogP contribution in [0.1, 0.15) is 11.1 Å². The molecule has 0 saturated carbocycles. The van der Waals surface area contributed by atoms with Crippen molar-refractivity contribution >= 4 is 13.9 Å². The number of benzene rings is 1. The van der Waals surface area contributed by atoms with Crippen LogP contribution in [0.5, 0.6) is 0 Å². The number of anilines is 1. The number of aryl methyl sites for hydroxylation is 2. The van der Waals surface area contributed by atoms with Crippen LogP contribution in [0.4, 0.5) is 5.69 Å². The second kappa shape index (κ2) is 5.15. The molecule has 0 spiro atoms. The molecule has 0 aliphatic heterocycles. The van der Waals surface area contributed by atoms with E-state index in [-0.39, 0.29) is 0 Å². The average Bonchev–Trinajstić information content (AvgIpc) is 2.10. The average molecular weight is 215 g/mol. The Balaban J connectivity index is 2.72. The van der Waals surface area contributed by atoms with Crippen molar-refractivity contribution in [1.29, 1.82) is 0 Å². The molecular formula is C9H14NO3P. The standard InChI is InChI=1S/C9H14NO3P/c1-7-4-5-9(8(2)6-7)10-14(11)13-12-3/h4-6,14H,1-3H3,(H,10,11). The predicted octanol–water partition coefficient (Wildman–Crippen LogP) is 2.68. The van der Waals surface area contributed by atoms with Gasteiger partial charge in [-0.1, -0.05) is 17.7 Å². The maximum absolute atomic E-state index is 11.2. The third kappa shape index (κ3) is 3.14. The van der Waals surface area contributed by atoms with Gasteiger partial charge in [0.15, 0.2) is 0 Å². The van der Waals surface area contributed by atoms with E-state index in [4.69, 9.17) is 0 Å². The van der Waals surface area contributed by atoms with E-state index < -0.39 is 8.18 Å². The molecule has 1 unspecified atom stereocenters. The van der Waals surface area contributed by atoms with Crippen LogP contribution in [0.15, 0.2) is 18.2 Å². The van der Waals surface area contributed by atoms with Crippen LogP contribution in [0.2, 0.25) is 0 Å². The molecule has 0 heterocycles. The minimum atomic E-state index is -2.35. The fourth-order valence-electron chi connectivity index (χ4n) is 1.16. The van der Waals surface area contributed by atoms with Crippen molar-refractivity contribution in [1.82, 2.24) is 0 Å². The first-order valence-corrected chi connectivity index (χ1v) is 5.54. The Morgan fingerprint density at radius 2 is 2.07 bits per heavy atom. The summed E-state index contributed by atoms with van der Waals surface area (Å²) in [7, 11) is -1.02. The van der Waals surface area contributed by atoms with Crippen LogP contribution in [0.25, 0.3) is 0 Å². The topological polar surface area (TPSA) is 47.6 Å². The van der Waals surface area contributed by atoms with Crippen LogP contribution >= 0.6 is 8.18 Å². The van der Waals surface area contributed by atoms with Crippen LogP contribution in [0.3, 0.4) is 0 Å². The summed E-state index contributed by atoms with van der Waals surface area (Å²) in [6, 6.07) is 5.81. The fourth-order valence-corrected chi connectivity index (χ4v) is 1.85. The summed E-state index contributed by atoms with van der Waals surface area (Å²) < 4.78 is 15.6. The smallest absolute Gasteiger partial charge is 0.311 e. The van der Waals surface area contributed by atoms with E-state index in [2.05, 4.69) is 14.6 Å². The third-order valence-corrected chi connectivity index (χ3v) is 2.57. The molecular weight excluding hydrogens is 201 g/mol. The second-order valence-corrected chi connectivity index (χ2v) is 3.97. The van der Waals surface area contributed by atoms with E-state index in [1.54, 1.807) is 0 Å². The molecule has 0 aliphatic rings. The predicted molar refractivity (Wildman–Crippen MR) is 56.6 cm³/mol. The molecule has 14 heavy (non-hydrogen) atoms. The summed E-state index contributed by atoms with van der Waals surface area (Å²) in [5.74, 6) is 0. The van der Waals surface area contributed by atoms with Crippen molar-refractivity contribution < 1.29 is 14.1 Å². The molecule has 0 aromatic heterocycles. The zero-order chi connectivity index (χ0) is 10.6. The Bertz CT molecular complexity index is 341. The summed E-state index contributed by atoms with van der Waals surface area (Å²) in [5, 5.41) is 2.74. The third-order valence-electron chi connectivity index (χ3n) is 1.78. The number of hydrogen-bond acceptors (Lipinski definition) is 3. The molecule has 5 heteroatoms. The SMILES string of the molecule is COO[PH](=O)Nc1ccc(C)cc1C. The highest BCUT2D eigenvalue weighted by atomic mass is 31.1. The molecule has 0 radical (unpaired) electrons. The van der Waals surface area contributed by atoms with E-state index in [1.165, 1.54) is 12.7 Å². The molecule has 0 amide bonds. The number of nitrogens with one attached hydrogen (secondary N) is 1. The molecule has 4 nitrogen and oxygen atoms in total. The molecule has 1 atom stereocenters. The Hall–Kier alpha value is -0.830. The van der Waals surface area contributed by atoms with Gasteiger partial charge in [0.05, 0.1) is 7.11 Å². The first-order chi connectivity index (χ1) is 6.63. The van der Waals surface area contributed by atoms with Gasteiger partial charge < -0.3 is 5.09 Å². The minimum Gasteiger partial charge on any atom is -0.316 e. The van der Waals surface area contributed by atoms with Crippen molar-refractivity contribution in [2.75, 3.05) is 12.2 Å². The summed E-state index contributed by atoms with van der Waals surface area (Å²) in [6.07, 6.45) is 0. The molecule has 0 aliphatic carbocycles. The Morgan fingerprint density at radius 1 is 1.36 bits per heavy atom. The lowest BCUT2D eigenvalue weighted by Gasteiger charge is -2.08. The highest BCUT2D eigenvalue weighted by Gasteiger charge is 2.02. The Kier molecular flexibility index (Phi) is 4.14. The van der Waals surface area contributed by atoms with Crippen LogP contribution in [-0.4, -0.2) is 7.11 Å². The van der Waals surface area contributed by atoms with E-state index in [0.29, 0.717) is 0 Å². The number of rotatable bonds is 4. The normalized spacial score (nSPS) is 12.5. The van der Waals surface area contributed by atoms with Gasteiger partial charge in [0.2, 0.25) is 0 Å². The fraction of sp³-hybridized carbons (Fsp3) is 0.333. The van der Waals surface area contributed by atoms with Gasteiger partial charge in [-0.3, -0.25) is 4.57 Å².